The highest BCUT2D eigenvalue weighted by atomic mass is 35.5. The van der Waals surface area contributed by atoms with Crippen LogP contribution in [0.1, 0.15) is 22.3 Å². The lowest BCUT2D eigenvalue weighted by Crippen LogP contribution is -2.48. The van der Waals surface area contributed by atoms with E-state index in [0.717, 1.165) is 5.56 Å². The van der Waals surface area contributed by atoms with Gasteiger partial charge in [-0.2, -0.15) is 5.26 Å². The molecule has 3 heterocycles. The van der Waals surface area contributed by atoms with Gasteiger partial charge in [0.2, 0.25) is 0 Å². The van der Waals surface area contributed by atoms with Gasteiger partial charge in [0.1, 0.15) is 27.6 Å². The first-order valence-electron chi connectivity index (χ1n) is 12.6. The normalized spacial score (nSPS) is 16.7. The fourth-order valence-corrected chi connectivity index (χ4v) is 6.46. The number of carbonyl (C=O) groups is 1. The van der Waals surface area contributed by atoms with E-state index in [1.807, 2.05) is 34.1 Å². The Balaban J connectivity index is 1.50. The number of hydrogen-bond acceptors (Lipinski definition) is 7. The molecule has 204 valence electrons. The molecule has 11 heteroatoms. The smallest absolute Gasteiger partial charge is 0.270 e. The minimum atomic E-state index is -0.407. The van der Waals surface area contributed by atoms with E-state index in [4.69, 9.17) is 23.8 Å². The van der Waals surface area contributed by atoms with Crippen LogP contribution >= 0.6 is 35.6 Å². The molecule has 2 saturated heterocycles. The van der Waals surface area contributed by atoms with Gasteiger partial charge in [0.25, 0.3) is 11.5 Å². The number of piperazine rings is 1. The van der Waals surface area contributed by atoms with Crippen LogP contribution < -0.4 is 15.4 Å². The second-order valence-electron chi connectivity index (χ2n) is 9.50. The quantitative estimate of drug-likeness (QED) is 0.302. The second kappa shape index (κ2) is 11.5. The zero-order chi connectivity index (χ0) is 28.6. The molecule has 2 fully saturated rings. The minimum Gasteiger partial charge on any atom is -0.366 e. The lowest BCUT2D eigenvalue weighted by Gasteiger charge is -2.38. The van der Waals surface area contributed by atoms with Crippen LogP contribution in [0.4, 0.5) is 15.9 Å². The number of hydrogen-bond donors (Lipinski definition) is 0. The lowest BCUT2D eigenvalue weighted by atomic mass is 10.0. The molecule has 3 aromatic rings. The molecular formula is C29H25ClFN5O2S2. The SMILES string of the molecule is Cc1c(C=C2SC(=S)N(Cc3ccccc3Cl)C2=O)c(N2CCN(c3ccccc3F)CC2)n(C)c(=O)c1C#N. The summed E-state index contributed by atoms with van der Waals surface area (Å²) in [6, 6.07) is 16.0. The first kappa shape index (κ1) is 27.9. The molecule has 1 amide bonds. The number of aromatic nitrogens is 1. The number of halogens is 2. The molecule has 40 heavy (non-hydrogen) atoms. The number of rotatable bonds is 5. The van der Waals surface area contributed by atoms with E-state index in [1.165, 1.54) is 27.3 Å². The van der Waals surface area contributed by atoms with E-state index < -0.39 is 5.56 Å². The molecule has 0 aliphatic carbocycles. The maximum absolute atomic E-state index is 14.4. The fraction of sp³-hybridized carbons (Fsp3) is 0.241. The van der Waals surface area contributed by atoms with Crippen molar-refractivity contribution in [1.29, 1.82) is 5.26 Å². The van der Waals surface area contributed by atoms with Gasteiger partial charge in [0.15, 0.2) is 0 Å². The summed E-state index contributed by atoms with van der Waals surface area (Å²) in [5, 5.41) is 10.3. The summed E-state index contributed by atoms with van der Waals surface area (Å²) in [5.74, 6) is 0.0557. The van der Waals surface area contributed by atoms with Crippen LogP contribution in [0.2, 0.25) is 5.02 Å². The van der Waals surface area contributed by atoms with Gasteiger partial charge in [-0.25, -0.2) is 4.39 Å². The number of para-hydroxylation sites is 1. The van der Waals surface area contributed by atoms with E-state index in [2.05, 4.69) is 0 Å². The molecule has 2 aliphatic rings. The van der Waals surface area contributed by atoms with E-state index in [9.17, 15) is 19.2 Å². The predicted octanol–water partition coefficient (Wildman–Crippen LogP) is 5.09. The Bertz CT molecular complexity index is 1660. The van der Waals surface area contributed by atoms with E-state index >= 15 is 0 Å². The zero-order valence-electron chi connectivity index (χ0n) is 21.9. The highest BCUT2D eigenvalue weighted by Crippen LogP contribution is 2.37. The summed E-state index contributed by atoms with van der Waals surface area (Å²) < 4.78 is 16.3. The zero-order valence-corrected chi connectivity index (χ0v) is 24.2. The van der Waals surface area contributed by atoms with E-state index in [1.54, 1.807) is 44.3 Å². The van der Waals surface area contributed by atoms with Crippen molar-refractivity contribution in [2.24, 2.45) is 7.05 Å². The Labute approximate surface area is 246 Å². The van der Waals surface area contributed by atoms with Crippen LogP contribution in [0.25, 0.3) is 6.08 Å². The highest BCUT2D eigenvalue weighted by Gasteiger charge is 2.34. The molecule has 0 unspecified atom stereocenters. The summed E-state index contributed by atoms with van der Waals surface area (Å²) in [6.07, 6.45) is 1.72. The Morgan fingerprint density at radius 3 is 2.40 bits per heavy atom. The number of nitriles is 1. The molecule has 1 aromatic heterocycles. The van der Waals surface area contributed by atoms with E-state index in [0.29, 0.717) is 63.1 Å². The van der Waals surface area contributed by atoms with Gasteiger partial charge < -0.3 is 9.80 Å². The Morgan fingerprint density at radius 1 is 1.07 bits per heavy atom. The lowest BCUT2D eigenvalue weighted by molar-refractivity contribution is -0.122. The third kappa shape index (κ3) is 5.12. The third-order valence-corrected chi connectivity index (χ3v) is 8.92. The highest BCUT2D eigenvalue weighted by molar-refractivity contribution is 8.26. The molecular weight excluding hydrogens is 569 g/mol. The minimum absolute atomic E-state index is 0.0223. The van der Waals surface area contributed by atoms with Crippen LogP contribution in [-0.2, 0) is 18.4 Å². The van der Waals surface area contributed by atoms with Crippen molar-refractivity contribution in [3.8, 4) is 6.07 Å². The maximum atomic E-state index is 14.4. The Morgan fingerprint density at radius 2 is 1.73 bits per heavy atom. The summed E-state index contributed by atoms with van der Waals surface area (Å²) in [7, 11) is 1.63. The number of thiocarbonyl (C=S) groups is 1. The van der Waals surface area contributed by atoms with Crippen LogP contribution in [0.15, 0.2) is 58.2 Å². The Hall–Kier alpha value is -3.65. The molecule has 0 N–H and O–H groups in total. The van der Waals surface area contributed by atoms with Gasteiger partial charge in [0, 0.05) is 43.8 Å². The predicted molar refractivity (Wildman–Crippen MR) is 162 cm³/mol. The number of amides is 1. The topological polar surface area (TPSA) is 72.6 Å². The number of thioether (sulfide) groups is 1. The van der Waals surface area contributed by atoms with E-state index in [-0.39, 0.29) is 23.8 Å². The number of benzene rings is 2. The summed E-state index contributed by atoms with van der Waals surface area (Å²) >= 11 is 13.0. The molecule has 7 nitrogen and oxygen atoms in total. The van der Waals surface area contributed by atoms with Crippen molar-refractivity contribution in [3.05, 3.63) is 96.9 Å². The first-order chi connectivity index (χ1) is 19.2. The summed E-state index contributed by atoms with van der Waals surface area (Å²) in [6.45, 7) is 4.06. The van der Waals surface area contributed by atoms with Crippen molar-refractivity contribution in [1.82, 2.24) is 9.47 Å². The Kier molecular flexibility index (Phi) is 7.99. The van der Waals surface area contributed by atoms with Gasteiger partial charge in [-0.15, -0.1) is 0 Å². The molecule has 2 aliphatic heterocycles. The van der Waals surface area contributed by atoms with Gasteiger partial charge in [0.05, 0.1) is 17.1 Å². The molecule has 0 spiro atoms. The standard InChI is InChI=1S/C29H25ClFN5O2S2/c1-18-20(15-25-28(38)36(29(39)40-25)17-19-7-3-4-8-22(19)30)26(33(2)27(37)21(18)16-32)35-13-11-34(12-14-35)24-10-6-5-9-23(24)31/h3-10,15H,11-14,17H2,1-2H3. The molecule has 0 radical (unpaired) electrons. The second-order valence-corrected chi connectivity index (χ2v) is 11.6. The molecule has 5 rings (SSSR count). The van der Waals surface area contributed by atoms with Gasteiger partial charge in [-0.3, -0.25) is 19.1 Å². The van der Waals surface area contributed by atoms with Crippen molar-refractivity contribution in [2.45, 2.75) is 13.5 Å². The molecule has 0 bridgehead atoms. The molecule has 2 aromatic carbocycles. The van der Waals surface area contributed by atoms with Crippen molar-refractivity contribution in [2.75, 3.05) is 36.0 Å². The summed E-state index contributed by atoms with van der Waals surface area (Å²) in [5.41, 5.74) is 2.03. The molecule has 0 atom stereocenters. The average molecular weight is 594 g/mol. The monoisotopic (exact) mass is 593 g/mol. The van der Waals surface area contributed by atoms with Crippen molar-refractivity contribution >= 4 is 63.4 Å². The number of anilines is 2. The van der Waals surface area contributed by atoms with Gasteiger partial charge in [-0.1, -0.05) is 65.9 Å². The average Bonchev–Trinajstić information content (AvgIpc) is 3.21. The number of carbonyl (C=O) groups excluding carboxylic acids is 1. The van der Waals surface area contributed by atoms with Crippen LogP contribution in [0.5, 0.6) is 0 Å². The first-order valence-corrected chi connectivity index (χ1v) is 14.2. The van der Waals surface area contributed by atoms with Crippen LogP contribution in [-0.4, -0.2) is 45.9 Å². The fourth-order valence-electron chi connectivity index (χ4n) is 5.03. The molecule has 0 saturated carbocycles. The van der Waals surface area contributed by atoms with Crippen molar-refractivity contribution in [3.63, 3.8) is 0 Å². The van der Waals surface area contributed by atoms with Crippen LogP contribution in [0, 0.1) is 24.1 Å². The number of pyridine rings is 1. The largest absolute Gasteiger partial charge is 0.366 e. The number of nitrogens with zero attached hydrogens (tertiary/aromatic N) is 5. The van der Waals surface area contributed by atoms with Crippen LogP contribution in [0.3, 0.4) is 0 Å². The summed E-state index contributed by atoms with van der Waals surface area (Å²) in [4.78, 5) is 32.5. The third-order valence-electron chi connectivity index (χ3n) is 7.18. The van der Waals surface area contributed by atoms with Gasteiger partial charge in [-0.05, 0) is 42.3 Å². The van der Waals surface area contributed by atoms with Gasteiger partial charge >= 0.3 is 0 Å². The van der Waals surface area contributed by atoms with Crippen molar-refractivity contribution < 1.29 is 9.18 Å². The maximum Gasteiger partial charge on any atom is 0.270 e.